The lowest BCUT2D eigenvalue weighted by Gasteiger charge is -2.07. The zero-order valence-electron chi connectivity index (χ0n) is 18.5. The average molecular weight is 437 g/mol. The first-order valence-electron chi connectivity index (χ1n) is 10.2. The fourth-order valence-corrected chi connectivity index (χ4v) is 2.88. The lowest BCUT2D eigenvalue weighted by atomic mass is 10.0. The standard InChI is InChI=1S/C26H28O6/c1-4-32-26(29)16-13-23(24(27)14-11-19-7-5-9-21(17-19)30-2)25(28)15-12-20-8-6-10-22(18-20)31-3/h5-12,14-15,17-18,27H,4,13,16H2,1-3H3/b14-11+,15-12+,24-23-. The van der Waals surface area contributed by atoms with Crippen molar-refractivity contribution in [3.05, 3.63) is 83.1 Å². The lowest BCUT2D eigenvalue weighted by molar-refractivity contribution is -0.143. The van der Waals surface area contributed by atoms with Gasteiger partial charge in [-0.1, -0.05) is 36.4 Å². The second-order valence-electron chi connectivity index (χ2n) is 6.75. The zero-order valence-corrected chi connectivity index (χ0v) is 18.5. The highest BCUT2D eigenvalue weighted by Crippen LogP contribution is 2.19. The molecule has 32 heavy (non-hydrogen) atoms. The van der Waals surface area contributed by atoms with E-state index >= 15 is 0 Å². The van der Waals surface area contributed by atoms with Gasteiger partial charge in [0.05, 0.1) is 20.8 Å². The quantitative estimate of drug-likeness (QED) is 0.227. The monoisotopic (exact) mass is 436 g/mol. The summed E-state index contributed by atoms with van der Waals surface area (Å²) in [6, 6.07) is 14.5. The normalized spacial score (nSPS) is 12.0. The Hall–Kier alpha value is -3.80. The molecule has 6 nitrogen and oxygen atoms in total. The van der Waals surface area contributed by atoms with Gasteiger partial charge in [-0.2, -0.15) is 0 Å². The van der Waals surface area contributed by atoms with Crippen LogP contribution in [0.25, 0.3) is 12.2 Å². The topological polar surface area (TPSA) is 82.1 Å². The summed E-state index contributed by atoms with van der Waals surface area (Å²) in [7, 11) is 3.14. The van der Waals surface area contributed by atoms with Crippen LogP contribution < -0.4 is 9.47 Å². The van der Waals surface area contributed by atoms with Gasteiger partial charge in [0.15, 0.2) is 5.78 Å². The molecule has 0 amide bonds. The second kappa shape index (κ2) is 12.8. The van der Waals surface area contributed by atoms with E-state index in [1.165, 1.54) is 12.2 Å². The fourth-order valence-electron chi connectivity index (χ4n) is 2.88. The number of ether oxygens (including phenoxy) is 3. The Kier molecular flexibility index (Phi) is 9.78. The number of benzene rings is 2. The van der Waals surface area contributed by atoms with Gasteiger partial charge in [-0.3, -0.25) is 9.59 Å². The summed E-state index contributed by atoms with van der Waals surface area (Å²) in [6.45, 7) is 1.97. The number of allylic oxidation sites excluding steroid dienone is 3. The Bertz CT molecular complexity index is 1020. The molecular formula is C26H28O6. The maximum atomic E-state index is 12.9. The van der Waals surface area contributed by atoms with Crippen LogP contribution in [0.3, 0.4) is 0 Å². The Morgan fingerprint density at radius 2 is 1.44 bits per heavy atom. The molecule has 2 rings (SSSR count). The molecule has 6 heteroatoms. The van der Waals surface area contributed by atoms with Crippen LogP contribution in [0.4, 0.5) is 0 Å². The number of hydrogen-bond acceptors (Lipinski definition) is 6. The first kappa shape index (κ1) is 24.5. The number of carbonyl (C=O) groups is 2. The SMILES string of the molecule is CCOC(=O)CC/C(C(=O)/C=C/c1cccc(OC)c1)=C(O)\C=C\c1cccc(OC)c1. The summed E-state index contributed by atoms with van der Waals surface area (Å²) in [5, 5.41) is 10.6. The van der Waals surface area contributed by atoms with Crippen molar-refractivity contribution >= 4 is 23.9 Å². The van der Waals surface area contributed by atoms with E-state index in [2.05, 4.69) is 0 Å². The summed E-state index contributed by atoms with van der Waals surface area (Å²) >= 11 is 0. The van der Waals surface area contributed by atoms with Crippen molar-refractivity contribution in [3.8, 4) is 11.5 Å². The van der Waals surface area contributed by atoms with Gasteiger partial charge in [0, 0.05) is 12.0 Å². The van der Waals surface area contributed by atoms with E-state index < -0.39 is 11.8 Å². The summed E-state index contributed by atoms with van der Waals surface area (Å²) in [4.78, 5) is 24.6. The fraction of sp³-hybridized carbons (Fsp3) is 0.231. The number of esters is 1. The third-order valence-corrected chi connectivity index (χ3v) is 4.54. The first-order chi connectivity index (χ1) is 15.5. The van der Waals surface area contributed by atoms with Crippen molar-refractivity contribution in [2.45, 2.75) is 19.8 Å². The molecule has 0 saturated carbocycles. The van der Waals surface area contributed by atoms with Crippen molar-refractivity contribution in [3.63, 3.8) is 0 Å². The van der Waals surface area contributed by atoms with Crippen LogP contribution in [0.15, 0.2) is 72.0 Å². The molecule has 0 radical (unpaired) electrons. The molecular weight excluding hydrogens is 408 g/mol. The van der Waals surface area contributed by atoms with Gasteiger partial charge in [-0.15, -0.1) is 0 Å². The molecule has 168 valence electrons. The smallest absolute Gasteiger partial charge is 0.306 e. The van der Waals surface area contributed by atoms with E-state index in [0.717, 1.165) is 11.1 Å². The molecule has 0 atom stereocenters. The minimum Gasteiger partial charge on any atom is -0.508 e. The third-order valence-electron chi connectivity index (χ3n) is 4.54. The number of ketones is 1. The number of methoxy groups -OCH3 is 2. The molecule has 0 fully saturated rings. The van der Waals surface area contributed by atoms with Crippen molar-refractivity contribution < 1.29 is 28.9 Å². The minimum absolute atomic E-state index is 0.0149. The third kappa shape index (κ3) is 7.80. The number of carbonyl (C=O) groups excluding carboxylic acids is 2. The van der Waals surface area contributed by atoms with E-state index in [1.807, 2.05) is 30.3 Å². The molecule has 2 aromatic carbocycles. The maximum Gasteiger partial charge on any atom is 0.306 e. The van der Waals surface area contributed by atoms with Crippen LogP contribution in [0.2, 0.25) is 0 Å². The minimum atomic E-state index is -0.431. The highest BCUT2D eigenvalue weighted by Gasteiger charge is 2.14. The van der Waals surface area contributed by atoms with Gasteiger partial charge >= 0.3 is 5.97 Å². The molecule has 0 spiro atoms. The van der Waals surface area contributed by atoms with E-state index in [9.17, 15) is 14.7 Å². The first-order valence-corrected chi connectivity index (χ1v) is 10.2. The Balaban J connectivity index is 2.27. The molecule has 0 heterocycles. The van der Waals surface area contributed by atoms with Crippen LogP contribution >= 0.6 is 0 Å². The van der Waals surface area contributed by atoms with Crippen molar-refractivity contribution in [2.75, 3.05) is 20.8 Å². The Labute approximate surface area is 188 Å². The van der Waals surface area contributed by atoms with Gasteiger partial charge in [0.25, 0.3) is 0 Å². The van der Waals surface area contributed by atoms with Crippen molar-refractivity contribution in [2.24, 2.45) is 0 Å². The van der Waals surface area contributed by atoms with E-state index in [0.29, 0.717) is 11.5 Å². The van der Waals surface area contributed by atoms with Gasteiger partial charge in [-0.25, -0.2) is 0 Å². The van der Waals surface area contributed by atoms with E-state index in [-0.39, 0.29) is 30.8 Å². The van der Waals surface area contributed by atoms with Crippen LogP contribution in [0.1, 0.15) is 30.9 Å². The largest absolute Gasteiger partial charge is 0.508 e. The van der Waals surface area contributed by atoms with Gasteiger partial charge in [-0.05, 0) is 60.9 Å². The molecule has 2 aromatic rings. The summed E-state index contributed by atoms with van der Waals surface area (Å²) in [5.41, 5.74) is 1.69. The van der Waals surface area contributed by atoms with Crippen LogP contribution in [0.5, 0.6) is 11.5 Å². The van der Waals surface area contributed by atoms with Gasteiger partial charge in [0.2, 0.25) is 0 Å². The van der Waals surface area contributed by atoms with Crippen molar-refractivity contribution in [1.82, 2.24) is 0 Å². The van der Waals surface area contributed by atoms with Crippen LogP contribution in [-0.4, -0.2) is 37.7 Å². The van der Waals surface area contributed by atoms with E-state index in [4.69, 9.17) is 14.2 Å². The predicted octanol–water partition coefficient (Wildman–Crippen LogP) is 5.15. The molecule has 1 N–H and O–H groups in total. The summed E-state index contributed by atoms with van der Waals surface area (Å²) in [6.07, 6.45) is 6.14. The molecule has 0 aliphatic carbocycles. The highest BCUT2D eigenvalue weighted by atomic mass is 16.5. The number of rotatable bonds is 11. The second-order valence-corrected chi connectivity index (χ2v) is 6.75. The number of hydrogen-bond donors (Lipinski definition) is 1. The van der Waals surface area contributed by atoms with Crippen LogP contribution in [0, 0.1) is 0 Å². The van der Waals surface area contributed by atoms with Crippen molar-refractivity contribution in [1.29, 1.82) is 0 Å². The number of aliphatic hydroxyl groups is 1. The lowest BCUT2D eigenvalue weighted by Crippen LogP contribution is -2.08. The Morgan fingerprint density at radius 1 is 0.875 bits per heavy atom. The molecule has 0 aliphatic rings. The highest BCUT2D eigenvalue weighted by molar-refractivity contribution is 6.07. The summed E-state index contributed by atoms with van der Waals surface area (Å²) in [5.74, 6) is 0.304. The van der Waals surface area contributed by atoms with Gasteiger partial charge < -0.3 is 19.3 Å². The molecule has 0 unspecified atom stereocenters. The maximum absolute atomic E-state index is 12.9. The van der Waals surface area contributed by atoms with Crippen LogP contribution in [-0.2, 0) is 14.3 Å². The molecule has 0 aromatic heterocycles. The molecule has 0 bridgehead atoms. The predicted molar refractivity (Wildman–Crippen MR) is 125 cm³/mol. The number of aliphatic hydroxyl groups excluding tert-OH is 1. The Morgan fingerprint density at radius 3 is 1.97 bits per heavy atom. The van der Waals surface area contributed by atoms with E-state index in [1.54, 1.807) is 51.5 Å². The zero-order chi connectivity index (χ0) is 23.3. The van der Waals surface area contributed by atoms with Gasteiger partial charge in [0.1, 0.15) is 17.3 Å². The molecule has 0 aliphatic heterocycles. The average Bonchev–Trinajstić information content (AvgIpc) is 2.82. The molecule has 0 saturated heterocycles. The summed E-state index contributed by atoms with van der Waals surface area (Å²) < 4.78 is 15.3.